The number of aromatic nitrogens is 3. The fourth-order valence-electron chi connectivity index (χ4n) is 3.65. The highest BCUT2D eigenvalue weighted by molar-refractivity contribution is 6.32. The standard InChI is InChI=1S/C24H17Cl2N5O/c1-14(15-6-8-16(25)9-7-15)29-30-22(32)13-31-21-11-10-17(26)12-18(21)23-24(31)28-20-5-3-2-4-19(20)27-23/h2-12H,13H2,1H3,(H,30,32)/b29-14-. The van der Waals surface area contributed by atoms with Gasteiger partial charge < -0.3 is 4.57 Å². The van der Waals surface area contributed by atoms with Crippen LogP contribution in [0.5, 0.6) is 0 Å². The first-order valence-corrected chi connectivity index (χ1v) is 10.7. The van der Waals surface area contributed by atoms with E-state index < -0.39 is 0 Å². The molecule has 0 bridgehead atoms. The summed E-state index contributed by atoms with van der Waals surface area (Å²) >= 11 is 12.2. The van der Waals surface area contributed by atoms with Gasteiger partial charge in [0.2, 0.25) is 0 Å². The van der Waals surface area contributed by atoms with E-state index in [9.17, 15) is 4.79 Å². The lowest BCUT2D eigenvalue weighted by atomic mass is 10.1. The van der Waals surface area contributed by atoms with E-state index in [4.69, 9.17) is 33.2 Å². The molecule has 0 spiro atoms. The van der Waals surface area contributed by atoms with Crippen LogP contribution in [0.15, 0.2) is 71.8 Å². The van der Waals surface area contributed by atoms with Gasteiger partial charge in [-0.2, -0.15) is 5.10 Å². The average Bonchev–Trinajstić information content (AvgIpc) is 3.08. The maximum atomic E-state index is 12.8. The zero-order chi connectivity index (χ0) is 22.2. The minimum atomic E-state index is -0.276. The molecule has 6 nitrogen and oxygen atoms in total. The molecule has 5 rings (SSSR count). The number of carbonyl (C=O) groups is 1. The van der Waals surface area contributed by atoms with Crippen LogP contribution in [0.1, 0.15) is 12.5 Å². The molecule has 158 valence electrons. The van der Waals surface area contributed by atoms with Crippen molar-refractivity contribution in [1.82, 2.24) is 20.0 Å². The van der Waals surface area contributed by atoms with Crippen LogP contribution in [-0.2, 0) is 11.3 Å². The van der Waals surface area contributed by atoms with E-state index in [1.165, 1.54) is 0 Å². The Morgan fingerprint density at radius 3 is 2.41 bits per heavy atom. The van der Waals surface area contributed by atoms with Gasteiger partial charge in [0.05, 0.1) is 22.3 Å². The number of para-hydroxylation sites is 2. The summed E-state index contributed by atoms with van der Waals surface area (Å²) in [5.41, 5.74) is 7.87. The van der Waals surface area contributed by atoms with Crippen LogP contribution < -0.4 is 5.43 Å². The molecule has 0 aliphatic heterocycles. The summed E-state index contributed by atoms with van der Waals surface area (Å²) in [5, 5.41) is 6.32. The third-order valence-electron chi connectivity index (χ3n) is 5.22. The van der Waals surface area contributed by atoms with Gasteiger partial charge in [0.25, 0.3) is 5.91 Å². The van der Waals surface area contributed by atoms with E-state index in [0.717, 1.165) is 27.5 Å². The van der Waals surface area contributed by atoms with Crippen molar-refractivity contribution in [3.05, 3.63) is 82.3 Å². The maximum absolute atomic E-state index is 12.8. The molecule has 0 atom stereocenters. The Morgan fingerprint density at radius 1 is 0.969 bits per heavy atom. The van der Waals surface area contributed by atoms with Crippen molar-refractivity contribution in [2.45, 2.75) is 13.5 Å². The maximum Gasteiger partial charge on any atom is 0.260 e. The molecule has 0 unspecified atom stereocenters. The summed E-state index contributed by atoms with van der Waals surface area (Å²) in [6.07, 6.45) is 0. The quantitative estimate of drug-likeness (QED) is 0.280. The third-order valence-corrected chi connectivity index (χ3v) is 5.71. The molecular weight excluding hydrogens is 445 g/mol. The zero-order valence-corrected chi connectivity index (χ0v) is 18.5. The van der Waals surface area contributed by atoms with E-state index in [0.29, 0.717) is 26.9 Å². The molecule has 1 amide bonds. The third kappa shape index (κ3) is 3.79. The summed E-state index contributed by atoms with van der Waals surface area (Å²) in [4.78, 5) is 22.3. The van der Waals surface area contributed by atoms with Crippen molar-refractivity contribution in [2.75, 3.05) is 0 Å². The van der Waals surface area contributed by atoms with Gasteiger partial charge in [-0.05, 0) is 55.0 Å². The molecule has 8 heteroatoms. The van der Waals surface area contributed by atoms with Crippen molar-refractivity contribution in [1.29, 1.82) is 0 Å². The van der Waals surface area contributed by atoms with E-state index in [2.05, 4.69) is 10.5 Å². The Kier molecular flexibility index (Phi) is 5.25. The monoisotopic (exact) mass is 461 g/mol. The summed E-state index contributed by atoms with van der Waals surface area (Å²) in [6, 6.07) is 20.4. The first-order valence-electron chi connectivity index (χ1n) is 9.93. The van der Waals surface area contributed by atoms with Gasteiger partial charge in [-0.1, -0.05) is 47.5 Å². The topological polar surface area (TPSA) is 72.2 Å². The van der Waals surface area contributed by atoms with Crippen LogP contribution in [0.4, 0.5) is 0 Å². The van der Waals surface area contributed by atoms with Crippen molar-refractivity contribution in [2.24, 2.45) is 5.10 Å². The number of benzene rings is 3. The molecule has 2 aromatic heterocycles. The van der Waals surface area contributed by atoms with Crippen LogP contribution in [0.25, 0.3) is 33.1 Å². The van der Waals surface area contributed by atoms with Gasteiger partial charge in [0.15, 0.2) is 5.65 Å². The molecule has 32 heavy (non-hydrogen) atoms. The number of carbonyl (C=O) groups excluding carboxylic acids is 1. The highest BCUT2D eigenvalue weighted by Crippen LogP contribution is 2.30. The van der Waals surface area contributed by atoms with Crippen molar-refractivity contribution >= 4 is 67.9 Å². The normalized spacial score (nSPS) is 12.0. The van der Waals surface area contributed by atoms with Crippen LogP contribution >= 0.6 is 23.2 Å². The second kappa shape index (κ2) is 8.22. The Hall–Kier alpha value is -3.48. The summed E-state index contributed by atoms with van der Waals surface area (Å²) < 4.78 is 1.84. The van der Waals surface area contributed by atoms with Crippen LogP contribution in [0.2, 0.25) is 10.0 Å². The Labute approximate surface area is 193 Å². The number of rotatable bonds is 4. The Balaban J connectivity index is 1.52. The van der Waals surface area contributed by atoms with Gasteiger partial charge in [-0.25, -0.2) is 15.4 Å². The van der Waals surface area contributed by atoms with Gasteiger partial charge in [-0.3, -0.25) is 4.79 Å². The van der Waals surface area contributed by atoms with Gasteiger partial charge in [0.1, 0.15) is 12.1 Å². The summed E-state index contributed by atoms with van der Waals surface area (Å²) in [7, 11) is 0. The molecule has 2 heterocycles. The van der Waals surface area contributed by atoms with Crippen LogP contribution in [0, 0.1) is 0 Å². The molecule has 3 aromatic carbocycles. The first-order chi connectivity index (χ1) is 15.5. The highest BCUT2D eigenvalue weighted by atomic mass is 35.5. The lowest BCUT2D eigenvalue weighted by molar-refractivity contribution is -0.121. The van der Waals surface area contributed by atoms with Crippen molar-refractivity contribution < 1.29 is 4.79 Å². The minimum absolute atomic E-state index is 0.0338. The molecule has 0 saturated carbocycles. The number of nitrogens with one attached hydrogen (secondary N) is 1. The first kappa shape index (κ1) is 20.4. The number of hydrogen-bond acceptors (Lipinski definition) is 4. The molecule has 0 fully saturated rings. The molecular formula is C24H17Cl2N5O. The lowest BCUT2D eigenvalue weighted by Crippen LogP contribution is -2.24. The lowest BCUT2D eigenvalue weighted by Gasteiger charge is -2.07. The van der Waals surface area contributed by atoms with E-state index in [-0.39, 0.29) is 12.5 Å². The number of nitrogens with zero attached hydrogens (tertiary/aromatic N) is 4. The fourth-order valence-corrected chi connectivity index (χ4v) is 3.95. The Bertz CT molecular complexity index is 1520. The van der Waals surface area contributed by atoms with Gasteiger partial charge >= 0.3 is 0 Å². The van der Waals surface area contributed by atoms with Crippen LogP contribution in [-0.4, -0.2) is 26.2 Å². The largest absolute Gasteiger partial charge is 0.314 e. The zero-order valence-electron chi connectivity index (χ0n) is 17.0. The molecule has 0 radical (unpaired) electrons. The summed E-state index contributed by atoms with van der Waals surface area (Å²) in [5.74, 6) is -0.276. The van der Waals surface area contributed by atoms with Crippen molar-refractivity contribution in [3.8, 4) is 0 Å². The molecule has 0 aliphatic rings. The second-order valence-corrected chi connectivity index (χ2v) is 8.24. The fraction of sp³-hybridized carbons (Fsp3) is 0.0833. The SMILES string of the molecule is C/C(=N/NC(=O)Cn1c2ccc(Cl)cc2c2nc3ccccc3nc21)c1ccc(Cl)cc1. The number of amides is 1. The van der Waals surface area contributed by atoms with Crippen molar-refractivity contribution in [3.63, 3.8) is 0 Å². The molecule has 1 N–H and O–H groups in total. The molecule has 0 saturated heterocycles. The smallest absolute Gasteiger partial charge is 0.260 e. The summed E-state index contributed by atoms with van der Waals surface area (Å²) in [6.45, 7) is 1.86. The Morgan fingerprint density at radius 2 is 1.66 bits per heavy atom. The van der Waals surface area contributed by atoms with E-state index in [1.54, 1.807) is 18.2 Å². The number of hydrazone groups is 1. The average molecular weight is 462 g/mol. The second-order valence-electron chi connectivity index (χ2n) is 7.37. The van der Waals surface area contributed by atoms with E-state index >= 15 is 0 Å². The highest BCUT2D eigenvalue weighted by Gasteiger charge is 2.17. The minimum Gasteiger partial charge on any atom is -0.314 e. The van der Waals surface area contributed by atoms with Gasteiger partial charge in [-0.15, -0.1) is 0 Å². The number of hydrogen-bond donors (Lipinski definition) is 1. The predicted molar refractivity (Wildman–Crippen MR) is 129 cm³/mol. The predicted octanol–water partition coefficient (Wildman–Crippen LogP) is 5.58. The number of halogens is 2. The molecule has 0 aliphatic carbocycles. The number of fused-ring (bicyclic) bond motifs is 4. The van der Waals surface area contributed by atoms with Gasteiger partial charge in [0, 0.05) is 15.4 Å². The molecule has 5 aromatic rings. The van der Waals surface area contributed by atoms with Crippen LogP contribution in [0.3, 0.4) is 0 Å². The van der Waals surface area contributed by atoms with E-state index in [1.807, 2.05) is 60.0 Å².